The summed E-state index contributed by atoms with van der Waals surface area (Å²) < 4.78 is 9.09. The van der Waals surface area contributed by atoms with Gasteiger partial charge in [-0.2, -0.15) is 0 Å². The van der Waals surface area contributed by atoms with Crippen LogP contribution in [-0.2, 0) is 0 Å². The van der Waals surface area contributed by atoms with Gasteiger partial charge in [-0.3, -0.25) is 4.57 Å². The van der Waals surface area contributed by atoms with Crippen molar-refractivity contribution in [2.75, 3.05) is 0 Å². The zero-order chi connectivity index (χ0) is 34.2. The van der Waals surface area contributed by atoms with Gasteiger partial charge in [0.25, 0.3) is 0 Å². The molecule has 8 aromatic carbocycles. The average molecular weight is 664 g/mol. The van der Waals surface area contributed by atoms with Gasteiger partial charge in [-0.1, -0.05) is 152 Å². The number of hydrogen-bond acceptors (Lipinski definition) is 3. The Morgan fingerprint density at radius 2 is 0.962 bits per heavy atom. The van der Waals surface area contributed by atoms with E-state index in [0.29, 0.717) is 5.95 Å². The van der Waals surface area contributed by atoms with E-state index in [2.05, 4.69) is 162 Å². The van der Waals surface area contributed by atoms with Gasteiger partial charge in [-0.25, -0.2) is 9.97 Å². The predicted octanol–water partition coefficient (Wildman–Crippen LogP) is 12.8. The Hall–Kier alpha value is -7.04. The van der Waals surface area contributed by atoms with Crippen LogP contribution in [0.1, 0.15) is 0 Å². The van der Waals surface area contributed by atoms with Crippen LogP contribution >= 0.6 is 0 Å². The molecule has 52 heavy (non-hydrogen) atoms. The molecule has 0 radical (unpaired) electrons. The molecule has 0 fully saturated rings. The van der Waals surface area contributed by atoms with E-state index >= 15 is 0 Å². The van der Waals surface area contributed by atoms with Crippen LogP contribution in [0.3, 0.4) is 0 Å². The van der Waals surface area contributed by atoms with Gasteiger partial charge < -0.3 is 4.42 Å². The molecule has 0 spiro atoms. The number of fused-ring (bicyclic) bond motifs is 11. The molecule has 4 nitrogen and oxygen atoms in total. The van der Waals surface area contributed by atoms with Gasteiger partial charge in [0.05, 0.1) is 16.7 Å². The first-order chi connectivity index (χ1) is 25.8. The number of furan rings is 1. The van der Waals surface area contributed by atoms with Crippen LogP contribution in [0.25, 0.3) is 105 Å². The Balaban J connectivity index is 1.27. The summed E-state index contributed by atoms with van der Waals surface area (Å²) in [6.45, 7) is 0. The summed E-state index contributed by atoms with van der Waals surface area (Å²) in [4.78, 5) is 10.7. The molecule has 0 bridgehead atoms. The third kappa shape index (κ3) is 4.28. The van der Waals surface area contributed by atoms with E-state index in [1.54, 1.807) is 0 Å². The Morgan fingerprint density at radius 1 is 0.404 bits per heavy atom. The highest BCUT2D eigenvalue weighted by molar-refractivity contribution is 6.35. The van der Waals surface area contributed by atoms with Crippen molar-refractivity contribution in [3.63, 3.8) is 0 Å². The van der Waals surface area contributed by atoms with Crippen LogP contribution in [0, 0.1) is 0 Å². The maximum atomic E-state index is 6.86. The standard InChI is InChI=1S/C48H29N3O/c1-3-13-30(14-4-1)32-23-25-33(26-24-32)45-37-19-9-11-21-40(37)49-48(50-45)51-41-28-27-34(31-15-5-2-6-16-31)29-39(41)43-35-17-7-8-18-36(35)44-38-20-10-12-22-42(38)52-47(44)46(43)51/h1-29H. The average Bonchev–Trinajstić information content (AvgIpc) is 3.78. The summed E-state index contributed by atoms with van der Waals surface area (Å²) in [7, 11) is 0. The zero-order valence-corrected chi connectivity index (χ0v) is 28.0. The van der Waals surface area contributed by atoms with Gasteiger partial charge in [-0.05, 0) is 57.3 Å². The smallest absolute Gasteiger partial charge is 0.235 e. The van der Waals surface area contributed by atoms with Crippen LogP contribution < -0.4 is 0 Å². The lowest BCUT2D eigenvalue weighted by atomic mass is 9.97. The minimum absolute atomic E-state index is 0.602. The predicted molar refractivity (Wildman–Crippen MR) is 215 cm³/mol. The van der Waals surface area contributed by atoms with Gasteiger partial charge in [0, 0.05) is 32.5 Å². The van der Waals surface area contributed by atoms with E-state index in [9.17, 15) is 0 Å². The maximum Gasteiger partial charge on any atom is 0.235 e. The third-order valence-electron chi connectivity index (χ3n) is 10.4. The normalized spacial score (nSPS) is 11.8. The Morgan fingerprint density at radius 3 is 1.71 bits per heavy atom. The molecule has 0 saturated heterocycles. The first-order valence-electron chi connectivity index (χ1n) is 17.6. The molecule has 11 aromatic rings. The second kappa shape index (κ2) is 11.2. The SMILES string of the molecule is c1ccc(-c2ccc(-c3nc(-n4c5ccc(-c6ccccc6)cc5c5c6ccccc6c6c7ccccc7oc6c54)nc4ccccc34)cc2)cc1. The highest BCUT2D eigenvalue weighted by Crippen LogP contribution is 2.46. The summed E-state index contributed by atoms with van der Waals surface area (Å²) in [5.74, 6) is 0.602. The van der Waals surface area contributed by atoms with Crippen LogP contribution in [0.5, 0.6) is 0 Å². The molecular formula is C48H29N3O. The van der Waals surface area contributed by atoms with Gasteiger partial charge in [0.15, 0.2) is 5.58 Å². The molecule has 242 valence electrons. The summed E-state index contributed by atoms with van der Waals surface area (Å²) in [6.07, 6.45) is 0. The van der Waals surface area contributed by atoms with E-state index in [4.69, 9.17) is 14.4 Å². The van der Waals surface area contributed by atoms with Crippen molar-refractivity contribution in [1.29, 1.82) is 0 Å². The topological polar surface area (TPSA) is 43.9 Å². The van der Waals surface area contributed by atoms with E-state index < -0.39 is 0 Å². The fourth-order valence-corrected chi connectivity index (χ4v) is 8.03. The summed E-state index contributed by atoms with van der Waals surface area (Å²) in [5.41, 5.74) is 11.1. The first kappa shape index (κ1) is 28.8. The van der Waals surface area contributed by atoms with E-state index in [1.165, 1.54) is 22.1 Å². The highest BCUT2D eigenvalue weighted by atomic mass is 16.3. The summed E-state index contributed by atoms with van der Waals surface area (Å²) >= 11 is 0. The molecule has 11 rings (SSSR count). The number of nitrogens with zero attached hydrogens (tertiary/aromatic N) is 3. The molecule has 3 aromatic heterocycles. The Kier molecular flexibility index (Phi) is 6.22. The molecule has 4 heteroatoms. The van der Waals surface area contributed by atoms with Crippen molar-refractivity contribution in [3.05, 3.63) is 176 Å². The largest absolute Gasteiger partial charge is 0.454 e. The third-order valence-corrected chi connectivity index (χ3v) is 10.4. The second-order valence-electron chi connectivity index (χ2n) is 13.3. The van der Waals surface area contributed by atoms with Crippen LogP contribution in [-0.4, -0.2) is 14.5 Å². The molecule has 0 saturated carbocycles. The van der Waals surface area contributed by atoms with E-state index in [1.807, 2.05) is 18.2 Å². The molecule has 0 aliphatic heterocycles. The number of para-hydroxylation sites is 2. The van der Waals surface area contributed by atoms with Crippen LogP contribution in [0.2, 0.25) is 0 Å². The number of aromatic nitrogens is 3. The number of benzene rings is 8. The lowest BCUT2D eigenvalue weighted by molar-refractivity contribution is 0.671. The van der Waals surface area contributed by atoms with Gasteiger partial charge in [-0.15, -0.1) is 0 Å². The maximum absolute atomic E-state index is 6.86. The van der Waals surface area contributed by atoms with Gasteiger partial charge >= 0.3 is 0 Å². The summed E-state index contributed by atoms with van der Waals surface area (Å²) in [6, 6.07) is 61.8. The quantitative estimate of drug-likeness (QED) is 0.188. The monoisotopic (exact) mass is 663 g/mol. The molecule has 0 aliphatic rings. The Labute approximate surface area is 298 Å². The molecule has 0 unspecified atom stereocenters. The van der Waals surface area contributed by atoms with Crippen LogP contribution in [0.4, 0.5) is 0 Å². The minimum Gasteiger partial charge on any atom is -0.454 e. The minimum atomic E-state index is 0.602. The molecule has 3 heterocycles. The first-order valence-corrected chi connectivity index (χ1v) is 17.6. The van der Waals surface area contributed by atoms with E-state index in [-0.39, 0.29) is 0 Å². The van der Waals surface area contributed by atoms with Crippen molar-refractivity contribution in [2.24, 2.45) is 0 Å². The van der Waals surface area contributed by atoms with E-state index in [0.717, 1.165) is 76.9 Å². The zero-order valence-electron chi connectivity index (χ0n) is 28.0. The lowest BCUT2D eigenvalue weighted by Crippen LogP contribution is -2.03. The Bertz CT molecular complexity index is 3160. The van der Waals surface area contributed by atoms with Crippen molar-refractivity contribution in [2.45, 2.75) is 0 Å². The fraction of sp³-hybridized carbons (Fsp3) is 0. The van der Waals surface area contributed by atoms with Crippen molar-refractivity contribution in [3.8, 4) is 39.5 Å². The highest BCUT2D eigenvalue weighted by Gasteiger charge is 2.25. The van der Waals surface area contributed by atoms with Gasteiger partial charge in [0.2, 0.25) is 5.95 Å². The van der Waals surface area contributed by atoms with Gasteiger partial charge in [0.1, 0.15) is 11.1 Å². The lowest BCUT2D eigenvalue weighted by Gasteiger charge is -2.13. The molecule has 0 aliphatic carbocycles. The fourth-order valence-electron chi connectivity index (χ4n) is 8.03. The number of rotatable bonds is 4. The van der Waals surface area contributed by atoms with Crippen LogP contribution in [0.15, 0.2) is 180 Å². The second-order valence-corrected chi connectivity index (χ2v) is 13.3. The van der Waals surface area contributed by atoms with Crippen molar-refractivity contribution >= 4 is 65.4 Å². The summed E-state index contributed by atoms with van der Waals surface area (Å²) in [5, 5.41) is 7.78. The molecule has 0 N–H and O–H groups in total. The van der Waals surface area contributed by atoms with Crippen molar-refractivity contribution < 1.29 is 4.42 Å². The number of hydrogen-bond donors (Lipinski definition) is 0. The molecule has 0 amide bonds. The molecule has 0 atom stereocenters. The van der Waals surface area contributed by atoms with Crippen molar-refractivity contribution in [1.82, 2.24) is 14.5 Å². The molecular weight excluding hydrogens is 635 g/mol.